The second kappa shape index (κ2) is 9.19. The van der Waals surface area contributed by atoms with E-state index in [2.05, 4.69) is 31.4 Å². The number of carbonyl (C=O) groups is 1. The first kappa shape index (κ1) is 19.6. The van der Waals surface area contributed by atoms with Gasteiger partial charge in [-0.3, -0.25) is 4.79 Å². The predicted molar refractivity (Wildman–Crippen MR) is 111 cm³/mol. The molecular formula is C20H20BrN3O2S. The molecule has 7 heteroatoms. The molecule has 1 aromatic heterocycles. The number of hydrogen-bond acceptors (Lipinski definition) is 5. The van der Waals surface area contributed by atoms with Crippen molar-refractivity contribution in [1.82, 2.24) is 15.5 Å². The standard InChI is InChI=1S/C20H20BrN3O2S/c1-3-17(22-18(25)12-27-16-9-7-13(2)8-10-16)19-23-20(26-24-19)14-5-4-6-15(21)11-14/h4-11,17H,3,12H2,1-2H3,(H,22,25). The monoisotopic (exact) mass is 445 g/mol. The number of aromatic nitrogens is 2. The Morgan fingerprint density at radius 2 is 2.04 bits per heavy atom. The van der Waals surface area contributed by atoms with Gasteiger partial charge in [-0.25, -0.2) is 0 Å². The molecule has 0 radical (unpaired) electrons. The smallest absolute Gasteiger partial charge is 0.258 e. The van der Waals surface area contributed by atoms with E-state index >= 15 is 0 Å². The first-order valence-electron chi connectivity index (χ1n) is 8.63. The van der Waals surface area contributed by atoms with Gasteiger partial charge >= 0.3 is 0 Å². The number of halogens is 1. The highest BCUT2D eigenvalue weighted by Gasteiger charge is 2.19. The van der Waals surface area contributed by atoms with Crippen molar-refractivity contribution in [1.29, 1.82) is 0 Å². The molecule has 1 N–H and O–H groups in total. The van der Waals surface area contributed by atoms with E-state index in [1.165, 1.54) is 17.3 Å². The molecule has 0 aliphatic heterocycles. The maximum Gasteiger partial charge on any atom is 0.258 e. The average molecular weight is 446 g/mol. The minimum Gasteiger partial charge on any atom is -0.345 e. The molecule has 3 rings (SSSR count). The number of hydrogen-bond donors (Lipinski definition) is 1. The zero-order valence-corrected chi connectivity index (χ0v) is 17.5. The van der Waals surface area contributed by atoms with Crippen molar-refractivity contribution >= 4 is 33.6 Å². The van der Waals surface area contributed by atoms with Crippen LogP contribution < -0.4 is 5.32 Å². The van der Waals surface area contributed by atoms with Crippen LogP contribution in [0.15, 0.2) is 62.4 Å². The van der Waals surface area contributed by atoms with Crippen molar-refractivity contribution in [3.63, 3.8) is 0 Å². The van der Waals surface area contributed by atoms with Crippen LogP contribution in [0.2, 0.25) is 0 Å². The lowest BCUT2D eigenvalue weighted by atomic mass is 10.2. The van der Waals surface area contributed by atoms with Crippen LogP contribution in [0.3, 0.4) is 0 Å². The number of nitrogens with one attached hydrogen (secondary N) is 1. The SMILES string of the molecule is CCC(NC(=O)CSc1ccc(C)cc1)c1noc(-c2cccc(Br)c2)n1. The van der Waals surface area contributed by atoms with Crippen molar-refractivity contribution in [2.75, 3.05) is 5.75 Å². The fourth-order valence-corrected chi connectivity index (χ4v) is 3.59. The van der Waals surface area contributed by atoms with Gasteiger partial charge in [0.15, 0.2) is 5.82 Å². The molecule has 5 nitrogen and oxygen atoms in total. The Balaban J connectivity index is 1.61. The molecule has 0 bridgehead atoms. The van der Waals surface area contributed by atoms with Crippen molar-refractivity contribution < 1.29 is 9.32 Å². The summed E-state index contributed by atoms with van der Waals surface area (Å²) in [6.45, 7) is 4.02. The third-order valence-electron chi connectivity index (χ3n) is 3.96. The van der Waals surface area contributed by atoms with Gasteiger partial charge in [-0.1, -0.05) is 51.8 Å². The molecule has 1 unspecified atom stereocenters. The first-order valence-corrected chi connectivity index (χ1v) is 10.4. The summed E-state index contributed by atoms with van der Waals surface area (Å²) < 4.78 is 6.31. The molecule has 0 aliphatic rings. The van der Waals surface area contributed by atoms with E-state index in [-0.39, 0.29) is 11.9 Å². The molecule has 140 valence electrons. The zero-order valence-electron chi connectivity index (χ0n) is 15.1. The number of amides is 1. The molecule has 3 aromatic rings. The van der Waals surface area contributed by atoms with Crippen LogP contribution in [-0.4, -0.2) is 21.8 Å². The predicted octanol–water partition coefficient (Wildman–Crippen LogP) is 5.17. The Bertz CT molecular complexity index is 912. The summed E-state index contributed by atoms with van der Waals surface area (Å²) in [4.78, 5) is 17.8. The number of carbonyl (C=O) groups excluding carboxylic acids is 1. The minimum atomic E-state index is -0.277. The third kappa shape index (κ3) is 5.43. The fourth-order valence-electron chi connectivity index (χ4n) is 2.48. The van der Waals surface area contributed by atoms with E-state index in [1.54, 1.807) is 0 Å². The van der Waals surface area contributed by atoms with Gasteiger partial charge in [0, 0.05) is 14.9 Å². The lowest BCUT2D eigenvalue weighted by Gasteiger charge is -2.13. The van der Waals surface area contributed by atoms with Crippen molar-refractivity contribution in [2.45, 2.75) is 31.2 Å². The molecule has 27 heavy (non-hydrogen) atoms. The Morgan fingerprint density at radius 3 is 2.74 bits per heavy atom. The average Bonchev–Trinajstić information content (AvgIpc) is 3.16. The molecule has 0 fully saturated rings. The van der Waals surface area contributed by atoms with E-state index < -0.39 is 0 Å². The normalized spacial score (nSPS) is 12.0. The van der Waals surface area contributed by atoms with Gasteiger partial charge in [0.25, 0.3) is 5.89 Å². The molecule has 0 saturated heterocycles. The van der Waals surface area contributed by atoms with E-state index in [4.69, 9.17) is 4.52 Å². The summed E-state index contributed by atoms with van der Waals surface area (Å²) in [6, 6.07) is 15.5. The molecular weight excluding hydrogens is 426 g/mol. The highest BCUT2D eigenvalue weighted by atomic mass is 79.9. The van der Waals surface area contributed by atoms with Gasteiger partial charge in [-0.2, -0.15) is 4.98 Å². The van der Waals surface area contributed by atoms with Crippen LogP contribution in [0, 0.1) is 6.92 Å². The Labute approximate surface area is 171 Å². The van der Waals surface area contributed by atoms with E-state index in [1.807, 2.05) is 62.4 Å². The summed E-state index contributed by atoms with van der Waals surface area (Å²) in [7, 11) is 0. The van der Waals surface area contributed by atoms with Gasteiger partial charge in [0.2, 0.25) is 5.91 Å². The van der Waals surface area contributed by atoms with E-state index in [0.29, 0.717) is 23.9 Å². The van der Waals surface area contributed by atoms with Gasteiger partial charge < -0.3 is 9.84 Å². The number of aryl methyl sites for hydroxylation is 1. The van der Waals surface area contributed by atoms with Crippen molar-refractivity contribution in [3.05, 3.63) is 64.4 Å². The lowest BCUT2D eigenvalue weighted by Crippen LogP contribution is -2.30. The second-order valence-corrected chi connectivity index (χ2v) is 8.06. The summed E-state index contributed by atoms with van der Waals surface area (Å²) in [5, 5.41) is 7.04. The molecule has 0 saturated carbocycles. The highest BCUT2D eigenvalue weighted by Crippen LogP contribution is 2.24. The van der Waals surface area contributed by atoms with Crippen molar-refractivity contribution in [2.24, 2.45) is 0 Å². The molecule has 1 atom stereocenters. The van der Waals surface area contributed by atoms with Crippen molar-refractivity contribution in [3.8, 4) is 11.5 Å². The highest BCUT2D eigenvalue weighted by molar-refractivity contribution is 9.10. The minimum absolute atomic E-state index is 0.0544. The van der Waals surface area contributed by atoms with Gasteiger partial charge in [-0.15, -0.1) is 11.8 Å². The summed E-state index contributed by atoms with van der Waals surface area (Å²) >= 11 is 4.94. The van der Waals surface area contributed by atoms with Gasteiger partial charge in [0.05, 0.1) is 11.8 Å². The molecule has 1 amide bonds. The molecule has 0 spiro atoms. The van der Waals surface area contributed by atoms with E-state index in [9.17, 15) is 4.79 Å². The lowest BCUT2D eigenvalue weighted by molar-refractivity contribution is -0.119. The second-order valence-electron chi connectivity index (χ2n) is 6.10. The summed E-state index contributed by atoms with van der Waals surface area (Å²) in [6.07, 6.45) is 0.679. The summed E-state index contributed by atoms with van der Waals surface area (Å²) in [5.41, 5.74) is 2.03. The Kier molecular flexibility index (Phi) is 6.68. The number of rotatable bonds is 7. The Morgan fingerprint density at radius 1 is 1.26 bits per heavy atom. The van der Waals surface area contributed by atoms with Crippen LogP contribution >= 0.6 is 27.7 Å². The van der Waals surface area contributed by atoms with Crippen LogP contribution in [-0.2, 0) is 4.79 Å². The third-order valence-corrected chi connectivity index (χ3v) is 5.46. The van der Waals surface area contributed by atoms with Gasteiger partial charge in [-0.05, 0) is 43.7 Å². The number of nitrogens with zero attached hydrogens (tertiary/aromatic N) is 2. The molecule has 1 heterocycles. The summed E-state index contributed by atoms with van der Waals surface area (Å²) in [5.74, 6) is 1.21. The zero-order chi connectivity index (χ0) is 19.2. The Hall–Kier alpha value is -2.12. The topological polar surface area (TPSA) is 68.0 Å². The quantitative estimate of drug-likeness (QED) is 0.508. The van der Waals surface area contributed by atoms with E-state index in [0.717, 1.165) is 14.9 Å². The molecule has 0 aliphatic carbocycles. The van der Waals surface area contributed by atoms with Crippen LogP contribution in [0.25, 0.3) is 11.5 Å². The molecule has 2 aromatic carbocycles. The maximum atomic E-state index is 12.3. The maximum absolute atomic E-state index is 12.3. The first-order chi connectivity index (χ1) is 13.0. The van der Waals surface area contributed by atoms with Crippen LogP contribution in [0.5, 0.6) is 0 Å². The number of thioether (sulfide) groups is 1. The van der Waals surface area contributed by atoms with Crippen LogP contribution in [0.1, 0.15) is 30.8 Å². The largest absolute Gasteiger partial charge is 0.345 e. The van der Waals surface area contributed by atoms with Crippen LogP contribution in [0.4, 0.5) is 0 Å². The fraction of sp³-hybridized carbons (Fsp3) is 0.250. The number of benzene rings is 2. The van der Waals surface area contributed by atoms with Gasteiger partial charge in [0.1, 0.15) is 0 Å².